The molecule has 0 atom stereocenters. The third kappa shape index (κ3) is 2.97. The monoisotopic (exact) mass is 285 g/mol. The molecule has 4 nitrogen and oxygen atoms in total. The molecule has 3 rings (SSSR count). The molecule has 2 amide bonds. The number of amides is 2. The summed E-state index contributed by atoms with van der Waals surface area (Å²) in [7, 11) is 0. The highest BCUT2D eigenvalue weighted by Crippen LogP contribution is 2.30. The van der Waals surface area contributed by atoms with Crippen molar-refractivity contribution < 1.29 is 9.18 Å². The van der Waals surface area contributed by atoms with E-state index in [1.54, 1.807) is 12.1 Å². The van der Waals surface area contributed by atoms with Gasteiger partial charge in [0, 0.05) is 6.54 Å². The van der Waals surface area contributed by atoms with E-state index in [9.17, 15) is 9.18 Å². The summed E-state index contributed by atoms with van der Waals surface area (Å²) >= 11 is 0. The van der Waals surface area contributed by atoms with Gasteiger partial charge >= 0.3 is 6.03 Å². The normalized spacial score (nSPS) is 13.0. The lowest BCUT2D eigenvalue weighted by atomic mass is 10.0. The fraction of sp³-hybridized carbons (Fsp3) is 0.188. The van der Waals surface area contributed by atoms with Gasteiger partial charge in [0.1, 0.15) is 5.82 Å². The number of hydrogen-bond donors (Lipinski definition) is 3. The molecule has 0 fully saturated rings. The standard InChI is InChI=1S/C16H16FN3O/c17-12-7-1-2-8-13(12)19-16(21)20-14-9-3-5-11-6-4-10-18-15(11)14/h1-3,5,7-9,18H,4,6,10H2,(H2,19,20,21). The molecule has 1 heterocycles. The van der Waals surface area contributed by atoms with E-state index >= 15 is 0 Å². The molecule has 0 radical (unpaired) electrons. The molecule has 0 bridgehead atoms. The number of benzene rings is 2. The van der Waals surface area contributed by atoms with Gasteiger partial charge < -0.3 is 16.0 Å². The van der Waals surface area contributed by atoms with Crippen molar-refractivity contribution >= 4 is 23.1 Å². The summed E-state index contributed by atoms with van der Waals surface area (Å²) in [6.45, 7) is 0.890. The molecule has 0 spiro atoms. The number of urea groups is 1. The quantitative estimate of drug-likeness (QED) is 0.785. The lowest BCUT2D eigenvalue weighted by Crippen LogP contribution is -2.22. The Bertz CT molecular complexity index is 672. The third-order valence-electron chi connectivity index (χ3n) is 3.45. The molecule has 0 saturated carbocycles. The van der Waals surface area contributed by atoms with E-state index in [0.29, 0.717) is 5.69 Å². The SMILES string of the molecule is O=C(Nc1ccccc1F)Nc1cccc2c1NCCC2. The van der Waals surface area contributed by atoms with Gasteiger partial charge in [0.2, 0.25) is 0 Å². The van der Waals surface area contributed by atoms with Crippen LogP contribution in [0.4, 0.5) is 26.2 Å². The molecule has 2 aromatic carbocycles. The minimum absolute atomic E-state index is 0.160. The first-order chi connectivity index (χ1) is 10.2. The molecule has 21 heavy (non-hydrogen) atoms. The van der Waals surface area contributed by atoms with Crippen molar-refractivity contribution in [2.75, 3.05) is 22.5 Å². The van der Waals surface area contributed by atoms with E-state index in [1.807, 2.05) is 18.2 Å². The molecule has 0 aromatic heterocycles. The number of carbonyl (C=O) groups is 1. The van der Waals surface area contributed by atoms with Gasteiger partial charge in [-0.2, -0.15) is 0 Å². The van der Waals surface area contributed by atoms with Gasteiger partial charge in [-0.3, -0.25) is 0 Å². The molecule has 0 unspecified atom stereocenters. The second-order valence-electron chi connectivity index (χ2n) is 4.93. The van der Waals surface area contributed by atoms with Crippen LogP contribution >= 0.6 is 0 Å². The second kappa shape index (κ2) is 5.83. The van der Waals surface area contributed by atoms with Crippen LogP contribution in [-0.4, -0.2) is 12.6 Å². The Morgan fingerprint density at radius 1 is 1.05 bits per heavy atom. The van der Waals surface area contributed by atoms with Gasteiger partial charge in [-0.15, -0.1) is 0 Å². The Hall–Kier alpha value is -2.56. The maximum atomic E-state index is 13.5. The zero-order valence-electron chi connectivity index (χ0n) is 11.4. The van der Waals surface area contributed by atoms with Crippen LogP contribution in [0.1, 0.15) is 12.0 Å². The molecule has 0 aliphatic carbocycles. The van der Waals surface area contributed by atoms with Gasteiger partial charge in [-0.1, -0.05) is 24.3 Å². The highest BCUT2D eigenvalue weighted by molar-refractivity contribution is 6.02. The topological polar surface area (TPSA) is 53.2 Å². The van der Waals surface area contributed by atoms with Crippen molar-refractivity contribution in [3.05, 3.63) is 53.8 Å². The van der Waals surface area contributed by atoms with Crippen LogP contribution in [0.15, 0.2) is 42.5 Å². The molecule has 108 valence electrons. The first-order valence-electron chi connectivity index (χ1n) is 6.92. The van der Waals surface area contributed by atoms with Crippen LogP contribution in [0, 0.1) is 5.82 Å². The summed E-state index contributed by atoms with van der Waals surface area (Å²) in [5.41, 5.74) is 3.01. The van der Waals surface area contributed by atoms with Gasteiger partial charge in [0.15, 0.2) is 0 Å². The second-order valence-corrected chi connectivity index (χ2v) is 4.93. The lowest BCUT2D eigenvalue weighted by molar-refractivity contribution is 0.262. The van der Waals surface area contributed by atoms with E-state index in [2.05, 4.69) is 16.0 Å². The lowest BCUT2D eigenvalue weighted by Gasteiger charge is -2.21. The summed E-state index contributed by atoms with van der Waals surface area (Å²) in [5.74, 6) is -0.458. The number of hydrogen-bond acceptors (Lipinski definition) is 2. The average Bonchev–Trinajstić information content (AvgIpc) is 2.50. The summed E-state index contributed by atoms with van der Waals surface area (Å²) in [6, 6.07) is 11.4. The molecule has 2 aromatic rings. The minimum Gasteiger partial charge on any atom is -0.383 e. The van der Waals surface area contributed by atoms with Crippen molar-refractivity contribution in [3.63, 3.8) is 0 Å². The van der Waals surface area contributed by atoms with Crippen LogP contribution in [0.5, 0.6) is 0 Å². The molecule has 3 N–H and O–H groups in total. The van der Waals surface area contributed by atoms with Crippen molar-refractivity contribution in [2.45, 2.75) is 12.8 Å². The number of rotatable bonds is 2. The first-order valence-corrected chi connectivity index (χ1v) is 6.92. The van der Waals surface area contributed by atoms with Crippen LogP contribution in [0.2, 0.25) is 0 Å². The molecule has 1 aliphatic rings. The van der Waals surface area contributed by atoms with E-state index in [0.717, 1.165) is 25.1 Å². The number of para-hydroxylation sites is 2. The molecule has 5 heteroatoms. The fourth-order valence-electron chi connectivity index (χ4n) is 2.45. The van der Waals surface area contributed by atoms with Crippen LogP contribution in [0.25, 0.3) is 0 Å². The van der Waals surface area contributed by atoms with Crippen molar-refractivity contribution in [3.8, 4) is 0 Å². The fourth-order valence-corrected chi connectivity index (χ4v) is 2.45. The Balaban J connectivity index is 1.75. The van der Waals surface area contributed by atoms with Crippen molar-refractivity contribution in [1.82, 2.24) is 0 Å². The van der Waals surface area contributed by atoms with Crippen molar-refractivity contribution in [2.24, 2.45) is 0 Å². The Kier molecular flexibility index (Phi) is 3.73. The van der Waals surface area contributed by atoms with Crippen LogP contribution in [-0.2, 0) is 6.42 Å². The van der Waals surface area contributed by atoms with Gasteiger partial charge in [0.05, 0.1) is 17.1 Å². The highest BCUT2D eigenvalue weighted by atomic mass is 19.1. The summed E-state index contributed by atoms with van der Waals surface area (Å²) in [4.78, 5) is 12.0. The van der Waals surface area contributed by atoms with Gasteiger partial charge in [0.25, 0.3) is 0 Å². The number of carbonyl (C=O) groups excluding carboxylic acids is 1. The number of halogens is 1. The number of aryl methyl sites for hydroxylation is 1. The predicted octanol–water partition coefficient (Wildman–Crippen LogP) is 3.83. The Morgan fingerprint density at radius 3 is 2.67 bits per heavy atom. The predicted molar refractivity (Wildman–Crippen MR) is 82.3 cm³/mol. The molecule has 0 saturated heterocycles. The van der Waals surface area contributed by atoms with E-state index < -0.39 is 11.8 Å². The number of nitrogens with one attached hydrogen (secondary N) is 3. The van der Waals surface area contributed by atoms with Crippen molar-refractivity contribution in [1.29, 1.82) is 0 Å². The van der Waals surface area contributed by atoms with Crippen LogP contribution in [0.3, 0.4) is 0 Å². The highest BCUT2D eigenvalue weighted by Gasteiger charge is 2.14. The summed E-state index contributed by atoms with van der Waals surface area (Å²) in [5, 5.41) is 8.57. The molecular weight excluding hydrogens is 269 g/mol. The number of anilines is 3. The average molecular weight is 285 g/mol. The molecular formula is C16H16FN3O. The summed E-state index contributed by atoms with van der Waals surface area (Å²) < 4.78 is 13.5. The summed E-state index contributed by atoms with van der Waals surface area (Å²) in [6.07, 6.45) is 2.07. The smallest absolute Gasteiger partial charge is 0.323 e. The third-order valence-corrected chi connectivity index (χ3v) is 3.45. The van der Waals surface area contributed by atoms with Gasteiger partial charge in [-0.05, 0) is 36.6 Å². The van der Waals surface area contributed by atoms with E-state index in [4.69, 9.17) is 0 Å². The van der Waals surface area contributed by atoms with Gasteiger partial charge in [-0.25, -0.2) is 9.18 Å². The maximum Gasteiger partial charge on any atom is 0.323 e. The zero-order chi connectivity index (χ0) is 14.7. The molecule has 1 aliphatic heterocycles. The van der Waals surface area contributed by atoms with Crippen LogP contribution < -0.4 is 16.0 Å². The number of fused-ring (bicyclic) bond motifs is 1. The minimum atomic E-state index is -0.458. The Morgan fingerprint density at radius 2 is 1.81 bits per heavy atom. The Labute approximate surface area is 122 Å². The van der Waals surface area contributed by atoms with E-state index in [-0.39, 0.29) is 5.69 Å². The largest absolute Gasteiger partial charge is 0.383 e. The van der Waals surface area contributed by atoms with E-state index in [1.165, 1.54) is 17.7 Å². The maximum absolute atomic E-state index is 13.5. The first kappa shape index (κ1) is 13.4. The zero-order valence-corrected chi connectivity index (χ0v) is 11.4.